The van der Waals surface area contributed by atoms with Gasteiger partial charge in [0.15, 0.2) is 5.78 Å². The standard InChI is InChI=1S/C18H24N2O3/c1-18(2,23)16-7-4-10-20(16)17(22)19-13-9-8-12-5-3-6-15(21)14(12)11-13/h8-9,11,16,23H,3-7,10H2,1-2H3,(H,19,22)/t16-/m0/s1. The Bertz CT molecular complexity index is 634. The van der Waals surface area contributed by atoms with Crippen LogP contribution in [0.2, 0.25) is 0 Å². The van der Waals surface area contributed by atoms with E-state index in [1.165, 1.54) is 0 Å². The van der Waals surface area contributed by atoms with E-state index in [1.807, 2.05) is 12.1 Å². The van der Waals surface area contributed by atoms with Gasteiger partial charge in [-0.05, 0) is 57.2 Å². The molecule has 5 nitrogen and oxygen atoms in total. The Morgan fingerprint density at radius 2 is 2.09 bits per heavy atom. The van der Waals surface area contributed by atoms with Gasteiger partial charge in [-0.3, -0.25) is 4.79 Å². The van der Waals surface area contributed by atoms with Crippen LogP contribution < -0.4 is 5.32 Å². The van der Waals surface area contributed by atoms with Crippen molar-refractivity contribution in [2.24, 2.45) is 0 Å². The van der Waals surface area contributed by atoms with Gasteiger partial charge in [0.1, 0.15) is 0 Å². The van der Waals surface area contributed by atoms with Crippen LogP contribution in [-0.4, -0.2) is 40.0 Å². The minimum atomic E-state index is -0.917. The molecule has 1 aromatic carbocycles. The Labute approximate surface area is 136 Å². The van der Waals surface area contributed by atoms with Gasteiger partial charge in [0.2, 0.25) is 0 Å². The molecule has 0 saturated carbocycles. The third-order valence-corrected chi connectivity index (χ3v) is 4.84. The van der Waals surface area contributed by atoms with E-state index in [0.717, 1.165) is 36.8 Å². The summed E-state index contributed by atoms with van der Waals surface area (Å²) >= 11 is 0. The second-order valence-corrected chi connectivity index (χ2v) is 7.08. The molecule has 3 rings (SSSR count). The summed E-state index contributed by atoms with van der Waals surface area (Å²) in [5, 5.41) is 13.1. The van der Waals surface area contributed by atoms with Crippen molar-refractivity contribution in [1.82, 2.24) is 4.90 Å². The van der Waals surface area contributed by atoms with Gasteiger partial charge < -0.3 is 15.3 Å². The predicted octanol–water partition coefficient (Wildman–Crippen LogP) is 2.97. The van der Waals surface area contributed by atoms with Gasteiger partial charge in [-0.2, -0.15) is 0 Å². The van der Waals surface area contributed by atoms with Crippen molar-refractivity contribution < 1.29 is 14.7 Å². The smallest absolute Gasteiger partial charge is 0.322 e. The first-order valence-corrected chi connectivity index (χ1v) is 8.32. The number of anilines is 1. The normalized spacial score (nSPS) is 21.3. The van der Waals surface area contributed by atoms with Gasteiger partial charge in [0.25, 0.3) is 0 Å². The molecular weight excluding hydrogens is 292 g/mol. The fraction of sp³-hybridized carbons (Fsp3) is 0.556. The maximum atomic E-state index is 12.5. The molecule has 1 heterocycles. The number of likely N-dealkylation sites (tertiary alicyclic amines) is 1. The molecule has 1 aliphatic heterocycles. The summed E-state index contributed by atoms with van der Waals surface area (Å²) in [4.78, 5) is 26.2. The van der Waals surface area contributed by atoms with Crippen LogP contribution in [0.15, 0.2) is 18.2 Å². The number of Topliss-reactive ketones (excluding diaryl/α,β-unsaturated/α-hetero) is 1. The van der Waals surface area contributed by atoms with Crippen molar-refractivity contribution in [2.75, 3.05) is 11.9 Å². The van der Waals surface area contributed by atoms with E-state index in [-0.39, 0.29) is 17.9 Å². The summed E-state index contributed by atoms with van der Waals surface area (Å²) < 4.78 is 0. The van der Waals surface area contributed by atoms with E-state index in [0.29, 0.717) is 18.7 Å². The Hall–Kier alpha value is -1.88. The number of aliphatic hydroxyl groups is 1. The highest BCUT2D eigenvalue weighted by atomic mass is 16.3. The molecule has 124 valence electrons. The minimum Gasteiger partial charge on any atom is -0.388 e. The average molecular weight is 316 g/mol. The van der Waals surface area contributed by atoms with Crippen LogP contribution in [0.5, 0.6) is 0 Å². The predicted molar refractivity (Wildman–Crippen MR) is 88.8 cm³/mol. The van der Waals surface area contributed by atoms with Crippen molar-refractivity contribution in [1.29, 1.82) is 0 Å². The summed E-state index contributed by atoms with van der Waals surface area (Å²) in [6, 6.07) is 5.17. The number of amides is 2. The van der Waals surface area contributed by atoms with Crippen LogP contribution in [0.4, 0.5) is 10.5 Å². The zero-order valence-electron chi connectivity index (χ0n) is 13.8. The van der Waals surface area contributed by atoms with Gasteiger partial charge in [-0.25, -0.2) is 4.79 Å². The zero-order valence-corrected chi connectivity index (χ0v) is 13.8. The van der Waals surface area contributed by atoms with E-state index in [1.54, 1.807) is 24.8 Å². The van der Waals surface area contributed by atoms with Crippen LogP contribution in [-0.2, 0) is 6.42 Å². The average Bonchev–Trinajstić information content (AvgIpc) is 2.98. The van der Waals surface area contributed by atoms with Gasteiger partial charge in [-0.1, -0.05) is 6.07 Å². The largest absolute Gasteiger partial charge is 0.388 e. The summed E-state index contributed by atoms with van der Waals surface area (Å²) in [5.41, 5.74) is 1.52. The lowest BCUT2D eigenvalue weighted by molar-refractivity contribution is 0.0117. The van der Waals surface area contributed by atoms with E-state index in [9.17, 15) is 14.7 Å². The Morgan fingerprint density at radius 3 is 2.83 bits per heavy atom. The van der Waals surface area contributed by atoms with Gasteiger partial charge in [0.05, 0.1) is 11.6 Å². The molecule has 0 unspecified atom stereocenters. The number of hydrogen-bond donors (Lipinski definition) is 2. The number of rotatable bonds is 2. The molecule has 0 radical (unpaired) electrons. The molecule has 2 amide bonds. The Balaban J connectivity index is 1.76. The molecule has 1 aliphatic carbocycles. The molecule has 23 heavy (non-hydrogen) atoms. The number of ketones is 1. The molecule has 1 fully saturated rings. The van der Waals surface area contributed by atoms with Crippen molar-refractivity contribution in [3.63, 3.8) is 0 Å². The summed E-state index contributed by atoms with van der Waals surface area (Å²) in [5.74, 6) is 0.151. The topological polar surface area (TPSA) is 69.6 Å². The SMILES string of the molecule is CC(C)(O)[C@@H]1CCCN1C(=O)Nc1ccc2c(c1)C(=O)CCC2. The Kier molecular flexibility index (Phi) is 4.15. The molecule has 5 heteroatoms. The van der Waals surface area contributed by atoms with Gasteiger partial charge in [-0.15, -0.1) is 0 Å². The summed E-state index contributed by atoms with van der Waals surface area (Å²) in [6.07, 6.45) is 4.10. The fourth-order valence-corrected chi connectivity index (χ4v) is 3.65. The number of carbonyl (C=O) groups excluding carboxylic acids is 2. The number of urea groups is 1. The highest BCUT2D eigenvalue weighted by Gasteiger charge is 2.38. The Morgan fingerprint density at radius 1 is 1.30 bits per heavy atom. The lowest BCUT2D eigenvalue weighted by Crippen LogP contribution is -2.49. The third kappa shape index (κ3) is 3.24. The number of nitrogens with one attached hydrogen (secondary N) is 1. The number of nitrogens with zero attached hydrogens (tertiary/aromatic N) is 1. The number of hydrogen-bond acceptors (Lipinski definition) is 3. The van der Waals surface area contributed by atoms with E-state index >= 15 is 0 Å². The zero-order chi connectivity index (χ0) is 16.6. The molecule has 2 N–H and O–H groups in total. The molecule has 1 aromatic rings. The van der Waals surface area contributed by atoms with E-state index in [2.05, 4.69) is 5.32 Å². The molecule has 0 spiro atoms. The van der Waals surface area contributed by atoms with Crippen LogP contribution >= 0.6 is 0 Å². The number of aryl methyl sites for hydroxylation is 1. The monoisotopic (exact) mass is 316 g/mol. The molecule has 0 aromatic heterocycles. The van der Waals surface area contributed by atoms with Crippen LogP contribution in [0.3, 0.4) is 0 Å². The molecule has 1 atom stereocenters. The summed E-state index contributed by atoms with van der Waals surface area (Å²) in [7, 11) is 0. The lowest BCUT2D eigenvalue weighted by atomic mass is 9.90. The first-order valence-electron chi connectivity index (χ1n) is 8.32. The lowest BCUT2D eigenvalue weighted by Gasteiger charge is -2.33. The number of carbonyl (C=O) groups is 2. The van der Waals surface area contributed by atoms with E-state index < -0.39 is 5.60 Å². The maximum absolute atomic E-state index is 12.5. The third-order valence-electron chi connectivity index (χ3n) is 4.84. The van der Waals surface area contributed by atoms with Crippen molar-refractivity contribution in [2.45, 2.75) is 57.6 Å². The second kappa shape index (κ2) is 5.96. The second-order valence-electron chi connectivity index (χ2n) is 7.08. The highest BCUT2D eigenvalue weighted by Crippen LogP contribution is 2.28. The first-order chi connectivity index (χ1) is 10.9. The maximum Gasteiger partial charge on any atom is 0.322 e. The van der Waals surface area contributed by atoms with Crippen LogP contribution in [0.1, 0.15) is 55.5 Å². The van der Waals surface area contributed by atoms with E-state index in [4.69, 9.17) is 0 Å². The number of fused-ring (bicyclic) bond motifs is 1. The van der Waals surface area contributed by atoms with Crippen LogP contribution in [0.25, 0.3) is 0 Å². The molecule has 0 bridgehead atoms. The molecule has 1 saturated heterocycles. The number of benzene rings is 1. The summed E-state index contributed by atoms with van der Waals surface area (Å²) in [6.45, 7) is 4.12. The fourth-order valence-electron chi connectivity index (χ4n) is 3.65. The van der Waals surface area contributed by atoms with Gasteiger partial charge in [0, 0.05) is 24.2 Å². The first kappa shape index (κ1) is 16.0. The highest BCUT2D eigenvalue weighted by molar-refractivity contribution is 6.00. The van der Waals surface area contributed by atoms with Crippen molar-refractivity contribution in [3.05, 3.63) is 29.3 Å². The minimum absolute atomic E-state index is 0.151. The van der Waals surface area contributed by atoms with Crippen molar-refractivity contribution >= 4 is 17.5 Å². The molecular formula is C18H24N2O3. The van der Waals surface area contributed by atoms with Crippen LogP contribution in [0, 0.1) is 0 Å². The van der Waals surface area contributed by atoms with Crippen molar-refractivity contribution in [3.8, 4) is 0 Å². The molecule has 2 aliphatic rings. The quantitative estimate of drug-likeness (QED) is 0.881. The van der Waals surface area contributed by atoms with Gasteiger partial charge >= 0.3 is 6.03 Å².